The van der Waals surface area contributed by atoms with Crippen LogP contribution in [0.2, 0.25) is 0 Å². The zero-order valence-corrected chi connectivity index (χ0v) is 21.3. The van der Waals surface area contributed by atoms with Gasteiger partial charge >= 0.3 is 0 Å². The number of phenolic OH excluding ortho intramolecular Hbond substituents is 7. The van der Waals surface area contributed by atoms with Gasteiger partial charge in [0.2, 0.25) is 5.78 Å². The van der Waals surface area contributed by atoms with Crippen molar-refractivity contribution in [1.82, 2.24) is 0 Å². The fourth-order valence-electron chi connectivity index (χ4n) is 5.38. The van der Waals surface area contributed by atoms with E-state index >= 15 is 0 Å². The average Bonchev–Trinajstić information content (AvgIpc) is 2.92. The SMILES string of the molecule is O=C1c2c(O)cc(O)c([C@@H]3C(=O)c4c(O)cc(O)cc4O[C@H]3c3ccc(O)cc3)c2O[C@@H](c2ccc(O)c(O)c2)[C@@H]1O. The first kappa shape index (κ1) is 26.6. The number of carbonyl (C=O) groups excluding carboxylic acids is 2. The van der Waals surface area contributed by atoms with Crippen molar-refractivity contribution in [1.29, 1.82) is 0 Å². The first-order chi connectivity index (χ1) is 20.0. The Bertz CT molecular complexity index is 1780. The second-order valence-corrected chi connectivity index (χ2v) is 9.94. The van der Waals surface area contributed by atoms with Crippen molar-refractivity contribution in [2.45, 2.75) is 24.2 Å². The predicted octanol–water partition coefficient (Wildman–Crippen LogP) is 3.40. The molecule has 12 heteroatoms. The van der Waals surface area contributed by atoms with Crippen LogP contribution in [-0.2, 0) is 0 Å². The largest absolute Gasteiger partial charge is 0.508 e. The summed E-state index contributed by atoms with van der Waals surface area (Å²) in [4.78, 5) is 27.5. The number of aliphatic hydroxyl groups is 1. The molecule has 0 amide bonds. The maximum absolute atomic E-state index is 14.1. The van der Waals surface area contributed by atoms with E-state index in [0.717, 1.165) is 30.3 Å². The molecule has 0 saturated carbocycles. The molecule has 0 aliphatic carbocycles. The van der Waals surface area contributed by atoms with E-state index in [9.17, 15) is 50.4 Å². The summed E-state index contributed by atoms with van der Waals surface area (Å²) in [6, 6.07) is 11.8. The summed E-state index contributed by atoms with van der Waals surface area (Å²) in [6.45, 7) is 0. The van der Waals surface area contributed by atoms with Gasteiger partial charge in [-0.25, -0.2) is 0 Å². The number of carbonyl (C=O) groups is 2. The van der Waals surface area contributed by atoms with E-state index < -0.39 is 81.6 Å². The lowest BCUT2D eigenvalue weighted by atomic mass is 9.78. The number of aliphatic hydroxyl groups excluding tert-OH is 1. The summed E-state index contributed by atoms with van der Waals surface area (Å²) in [5.74, 6) is -7.60. The lowest BCUT2D eigenvalue weighted by Crippen LogP contribution is -2.38. The van der Waals surface area contributed by atoms with E-state index in [2.05, 4.69) is 0 Å². The Morgan fingerprint density at radius 1 is 0.548 bits per heavy atom. The van der Waals surface area contributed by atoms with Gasteiger partial charge in [0.15, 0.2) is 29.5 Å². The third-order valence-corrected chi connectivity index (χ3v) is 7.34. The van der Waals surface area contributed by atoms with Gasteiger partial charge < -0.3 is 50.3 Å². The van der Waals surface area contributed by atoms with Crippen molar-refractivity contribution < 1.29 is 59.9 Å². The monoisotopic (exact) mass is 574 g/mol. The Morgan fingerprint density at radius 3 is 1.90 bits per heavy atom. The standard InChI is InChI=1S/C30H22O12/c31-13-4-1-11(2-5-13)28-24(25(38)21-17(35)8-14(32)9-20(21)41-28)22-18(36)10-19(37)23-26(39)27(40)29(42-30(22)23)12-3-6-15(33)16(34)7-12/h1-10,24,27-29,31-37,40H/t24-,27-,28+,29+/m1/s1. The maximum Gasteiger partial charge on any atom is 0.202 e. The van der Waals surface area contributed by atoms with Gasteiger partial charge in [0.1, 0.15) is 57.5 Å². The molecule has 0 bridgehead atoms. The minimum absolute atomic E-state index is 0.0466. The Balaban J connectivity index is 1.59. The number of hydrogen-bond donors (Lipinski definition) is 8. The summed E-state index contributed by atoms with van der Waals surface area (Å²) in [5.41, 5.74) is -0.839. The van der Waals surface area contributed by atoms with Crippen LogP contribution in [0, 0.1) is 0 Å². The molecule has 2 aliphatic heterocycles. The van der Waals surface area contributed by atoms with Crippen LogP contribution in [0.1, 0.15) is 55.5 Å². The fourth-order valence-corrected chi connectivity index (χ4v) is 5.38. The van der Waals surface area contributed by atoms with Crippen molar-refractivity contribution in [3.05, 3.63) is 88.5 Å². The van der Waals surface area contributed by atoms with Gasteiger partial charge in [-0.2, -0.15) is 0 Å². The third-order valence-electron chi connectivity index (χ3n) is 7.34. The van der Waals surface area contributed by atoms with E-state index in [1.807, 2.05) is 0 Å². The summed E-state index contributed by atoms with van der Waals surface area (Å²) in [5, 5.41) is 82.8. The molecule has 12 nitrogen and oxygen atoms in total. The molecule has 0 aromatic heterocycles. The number of phenols is 7. The zero-order valence-electron chi connectivity index (χ0n) is 21.3. The molecule has 0 spiro atoms. The molecule has 2 aliphatic rings. The first-order valence-electron chi connectivity index (χ1n) is 12.5. The van der Waals surface area contributed by atoms with Crippen LogP contribution in [0.3, 0.4) is 0 Å². The number of benzene rings is 4. The Kier molecular flexibility index (Phi) is 6.01. The number of ether oxygens (including phenoxy) is 2. The third kappa shape index (κ3) is 4.04. The van der Waals surface area contributed by atoms with Crippen LogP contribution in [0.4, 0.5) is 0 Å². The van der Waals surface area contributed by atoms with Crippen LogP contribution in [0.15, 0.2) is 60.7 Å². The van der Waals surface area contributed by atoms with Gasteiger partial charge in [-0.1, -0.05) is 18.2 Å². The number of ketones is 2. The molecule has 8 N–H and O–H groups in total. The second-order valence-electron chi connectivity index (χ2n) is 9.94. The number of aromatic hydroxyl groups is 7. The van der Waals surface area contributed by atoms with Crippen LogP contribution in [0.5, 0.6) is 51.7 Å². The van der Waals surface area contributed by atoms with E-state index in [1.54, 1.807) is 0 Å². The van der Waals surface area contributed by atoms with Crippen molar-refractivity contribution in [2.24, 2.45) is 0 Å². The maximum atomic E-state index is 14.1. The molecule has 0 fully saturated rings. The molecule has 214 valence electrons. The summed E-state index contributed by atoms with van der Waals surface area (Å²) in [7, 11) is 0. The molecular weight excluding hydrogens is 552 g/mol. The molecule has 4 aromatic carbocycles. The highest BCUT2D eigenvalue weighted by atomic mass is 16.5. The summed E-state index contributed by atoms with van der Waals surface area (Å²) >= 11 is 0. The molecule has 0 saturated heterocycles. The van der Waals surface area contributed by atoms with Crippen molar-refractivity contribution >= 4 is 11.6 Å². The van der Waals surface area contributed by atoms with Crippen molar-refractivity contribution in [3.63, 3.8) is 0 Å². The molecule has 2 heterocycles. The van der Waals surface area contributed by atoms with E-state index in [-0.39, 0.29) is 28.2 Å². The lowest BCUT2D eigenvalue weighted by molar-refractivity contribution is 0.0196. The molecule has 4 aromatic rings. The van der Waals surface area contributed by atoms with Gasteiger partial charge in [-0.05, 0) is 35.4 Å². The zero-order chi connectivity index (χ0) is 30.0. The van der Waals surface area contributed by atoms with Gasteiger partial charge in [0.05, 0.1) is 11.5 Å². The van der Waals surface area contributed by atoms with E-state index in [0.29, 0.717) is 5.56 Å². The highest BCUT2D eigenvalue weighted by molar-refractivity contribution is 6.10. The summed E-state index contributed by atoms with van der Waals surface area (Å²) < 4.78 is 12.1. The van der Waals surface area contributed by atoms with Crippen LogP contribution in [0.25, 0.3) is 0 Å². The lowest BCUT2D eigenvalue weighted by Gasteiger charge is -2.37. The molecule has 42 heavy (non-hydrogen) atoms. The van der Waals surface area contributed by atoms with Gasteiger partial charge in [0, 0.05) is 18.2 Å². The molecule has 6 rings (SSSR count). The smallest absolute Gasteiger partial charge is 0.202 e. The Labute approximate surface area is 236 Å². The van der Waals surface area contributed by atoms with E-state index in [4.69, 9.17) is 9.47 Å². The highest BCUT2D eigenvalue weighted by Crippen LogP contribution is 2.55. The highest BCUT2D eigenvalue weighted by Gasteiger charge is 2.48. The normalized spacial score (nSPS) is 21.2. The molecule has 4 atom stereocenters. The second kappa shape index (κ2) is 9.49. The quantitative estimate of drug-likeness (QED) is 0.165. The minimum atomic E-state index is -1.90. The number of rotatable bonds is 3. The molecular formula is C30H22O12. The predicted molar refractivity (Wildman–Crippen MR) is 142 cm³/mol. The number of hydrogen-bond acceptors (Lipinski definition) is 12. The Morgan fingerprint density at radius 2 is 1.21 bits per heavy atom. The van der Waals surface area contributed by atoms with Gasteiger partial charge in [-0.3, -0.25) is 9.59 Å². The van der Waals surface area contributed by atoms with Gasteiger partial charge in [-0.15, -0.1) is 0 Å². The average molecular weight is 574 g/mol. The number of fused-ring (bicyclic) bond motifs is 2. The topological polar surface area (TPSA) is 214 Å². The Hall–Kier alpha value is -5.62. The van der Waals surface area contributed by atoms with Crippen molar-refractivity contribution in [3.8, 4) is 51.7 Å². The fraction of sp³-hybridized carbons (Fsp3) is 0.133. The molecule has 0 radical (unpaired) electrons. The minimum Gasteiger partial charge on any atom is -0.508 e. The number of Topliss-reactive ketones (excluding diaryl/α,β-unsaturated/α-hetero) is 2. The molecule has 0 unspecified atom stereocenters. The van der Waals surface area contributed by atoms with Crippen LogP contribution in [-0.4, -0.2) is 58.5 Å². The van der Waals surface area contributed by atoms with E-state index in [1.165, 1.54) is 30.3 Å². The van der Waals surface area contributed by atoms with Gasteiger partial charge in [0.25, 0.3) is 0 Å². The summed E-state index contributed by atoms with van der Waals surface area (Å²) in [6.07, 6.45) is -4.70. The first-order valence-corrected chi connectivity index (χ1v) is 12.5. The van der Waals surface area contributed by atoms with Crippen LogP contribution >= 0.6 is 0 Å². The van der Waals surface area contributed by atoms with Crippen molar-refractivity contribution in [2.75, 3.05) is 0 Å². The van der Waals surface area contributed by atoms with Crippen LogP contribution < -0.4 is 9.47 Å².